The van der Waals surface area contributed by atoms with Crippen molar-refractivity contribution in [1.82, 2.24) is 4.90 Å². The van der Waals surface area contributed by atoms with Crippen molar-refractivity contribution >= 4 is 17.5 Å². The second-order valence-corrected chi connectivity index (χ2v) is 4.96. The summed E-state index contributed by atoms with van der Waals surface area (Å²) in [7, 11) is 0. The molecule has 0 radical (unpaired) electrons. The summed E-state index contributed by atoms with van der Waals surface area (Å²) < 4.78 is 5.37. The lowest BCUT2D eigenvalue weighted by atomic mass is 10.0. The lowest BCUT2D eigenvalue weighted by Gasteiger charge is -2.35. The van der Waals surface area contributed by atoms with E-state index in [1.54, 1.807) is 0 Å². The van der Waals surface area contributed by atoms with Crippen LogP contribution in [-0.2, 0) is 4.74 Å². The summed E-state index contributed by atoms with van der Waals surface area (Å²) in [6.45, 7) is 5.67. The van der Waals surface area contributed by atoms with Crippen LogP contribution in [0.3, 0.4) is 0 Å². The minimum absolute atomic E-state index is 0.0214. The van der Waals surface area contributed by atoms with E-state index >= 15 is 0 Å². The number of benzene rings is 1. The molecule has 2 rings (SSSR count). The fourth-order valence-electron chi connectivity index (χ4n) is 2.35. The molecule has 1 aromatic rings. The second kappa shape index (κ2) is 5.72. The molecular weight excluding hydrogens is 250 g/mol. The van der Waals surface area contributed by atoms with Gasteiger partial charge in [-0.3, -0.25) is 4.79 Å². The van der Waals surface area contributed by atoms with Crippen LogP contribution in [0.4, 0.5) is 0 Å². The lowest BCUT2D eigenvalue weighted by molar-refractivity contribution is 0.00448. The number of nitrogens with zero attached hydrogens (tertiary/aromatic N) is 1. The molecule has 98 valence electrons. The zero-order valence-corrected chi connectivity index (χ0v) is 11.5. The summed E-state index contributed by atoms with van der Waals surface area (Å²) in [5.74, 6) is 0.482. The largest absolute Gasteiger partial charge is 0.377 e. The predicted octanol–water partition coefficient (Wildman–Crippen LogP) is 2.38. The number of morpholine rings is 1. The van der Waals surface area contributed by atoms with Crippen molar-refractivity contribution in [2.75, 3.05) is 25.6 Å². The fourth-order valence-corrected chi connectivity index (χ4v) is 2.60. The van der Waals surface area contributed by atoms with Gasteiger partial charge in [0.2, 0.25) is 0 Å². The molecule has 0 spiro atoms. The van der Waals surface area contributed by atoms with Crippen molar-refractivity contribution in [3.63, 3.8) is 0 Å². The Morgan fingerprint density at radius 2 is 2.11 bits per heavy atom. The van der Waals surface area contributed by atoms with Gasteiger partial charge in [0.25, 0.3) is 5.91 Å². The molecule has 1 amide bonds. The van der Waals surface area contributed by atoms with Crippen LogP contribution in [-0.4, -0.2) is 42.5 Å². The number of ether oxygens (including phenoxy) is 1. The Hall–Kier alpha value is -1.06. The van der Waals surface area contributed by atoms with E-state index in [9.17, 15) is 4.79 Å². The van der Waals surface area contributed by atoms with E-state index in [2.05, 4.69) is 0 Å². The van der Waals surface area contributed by atoms with Gasteiger partial charge in [-0.1, -0.05) is 18.2 Å². The van der Waals surface area contributed by atoms with Crippen LogP contribution in [0.1, 0.15) is 21.5 Å². The predicted molar refractivity (Wildman–Crippen MR) is 72.3 cm³/mol. The van der Waals surface area contributed by atoms with Gasteiger partial charge in [-0.2, -0.15) is 0 Å². The number of amides is 1. The third-order valence-electron chi connectivity index (χ3n) is 3.36. The topological polar surface area (TPSA) is 29.5 Å². The van der Waals surface area contributed by atoms with E-state index in [1.807, 2.05) is 36.9 Å². The van der Waals surface area contributed by atoms with E-state index in [0.717, 1.165) is 16.7 Å². The molecule has 1 atom stereocenters. The zero-order valence-electron chi connectivity index (χ0n) is 10.8. The first-order valence-corrected chi connectivity index (χ1v) is 6.69. The Bertz CT molecular complexity index is 427. The maximum atomic E-state index is 12.6. The van der Waals surface area contributed by atoms with Crippen LogP contribution in [0.25, 0.3) is 0 Å². The third-order valence-corrected chi connectivity index (χ3v) is 3.72. The van der Waals surface area contributed by atoms with Gasteiger partial charge in [0.05, 0.1) is 19.3 Å². The van der Waals surface area contributed by atoms with Crippen molar-refractivity contribution < 1.29 is 9.53 Å². The number of carbonyl (C=O) groups excluding carboxylic acids is 1. The Kier molecular flexibility index (Phi) is 4.25. The first-order chi connectivity index (χ1) is 8.65. The summed E-state index contributed by atoms with van der Waals surface area (Å²) in [6, 6.07) is 5.89. The van der Waals surface area contributed by atoms with E-state index in [-0.39, 0.29) is 11.9 Å². The average Bonchev–Trinajstić information content (AvgIpc) is 2.38. The van der Waals surface area contributed by atoms with Crippen molar-refractivity contribution in [1.29, 1.82) is 0 Å². The van der Waals surface area contributed by atoms with Crippen molar-refractivity contribution in [3.05, 3.63) is 34.9 Å². The van der Waals surface area contributed by atoms with Crippen LogP contribution in [0, 0.1) is 13.8 Å². The van der Waals surface area contributed by atoms with E-state index in [1.165, 1.54) is 0 Å². The molecule has 0 bridgehead atoms. The number of carbonyl (C=O) groups is 1. The van der Waals surface area contributed by atoms with E-state index in [0.29, 0.717) is 25.6 Å². The first-order valence-electron chi connectivity index (χ1n) is 6.16. The summed E-state index contributed by atoms with van der Waals surface area (Å²) >= 11 is 5.91. The first kappa shape index (κ1) is 13.4. The molecule has 1 unspecified atom stereocenters. The van der Waals surface area contributed by atoms with Crippen LogP contribution < -0.4 is 0 Å². The van der Waals surface area contributed by atoms with E-state index in [4.69, 9.17) is 16.3 Å². The summed E-state index contributed by atoms with van der Waals surface area (Å²) in [6.07, 6.45) is 0. The highest BCUT2D eigenvalue weighted by Crippen LogP contribution is 2.19. The molecule has 1 aromatic carbocycles. The quantitative estimate of drug-likeness (QED) is 0.770. The summed E-state index contributed by atoms with van der Waals surface area (Å²) in [5, 5.41) is 0. The molecule has 1 heterocycles. The number of halogens is 1. The van der Waals surface area contributed by atoms with E-state index < -0.39 is 0 Å². The summed E-state index contributed by atoms with van der Waals surface area (Å²) in [5.41, 5.74) is 2.83. The summed E-state index contributed by atoms with van der Waals surface area (Å²) in [4.78, 5) is 14.5. The molecule has 1 aliphatic heterocycles. The molecule has 1 aliphatic rings. The fraction of sp³-hybridized carbons (Fsp3) is 0.500. The standard InChI is InChI=1S/C14H18ClNO2/c1-10-4-3-5-11(2)13(10)14(17)16-6-7-18-9-12(16)8-15/h3-5,12H,6-9H2,1-2H3. The molecule has 4 heteroatoms. The molecule has 18 heavy (non-hydrogen) atoms. The van der Waals surface area contributed by atoms with Gasteiger partial charge in [0.1, 0.15) is 0 Å². The molecule has 0 saturated carbocycles. The molecule has 0 N–H and O–H groups in total. The van der Waals surface area contributed by atoms with Gasteiger partial charge < -0.3 is 9.64 Å². The second-order valence-electron chi connectivity index (χ2n) is 4.65. The van der Waals surface area contributed by atoms with Crippen molar-refractivity contribution in [2.24, 2.45) is 0 Å². The van der Waals surface area contributed by atoms with Gasteiger partial charge in [-0.05, 0) is 25.0 Å². The monoisotopic (exact) mass is 267 g/mol. The minimum atomic E-state index is -0.0214. The molecular formula is C14H18ClNO2. The van der Waals surface area contributed by atoms with Gasteiger partial charge in [0, 0.05) is 18.0 Å². The van der Waals surface area contributed by atoms with Gasteiger partial charge in [0.15, 0.2) is 0 Å². The number of alkyl halides is 1. The maximum Gasteiger partial charge on any atom is 0.254 e. The SMILES string of the molecule is Cc1cccc(C)c1C(=O)N1CCOCC1CCl. The van der Waals surface area contributed by atoms with Gasteiger partial charge in [-0.15, -0.1) is 11.6 Å². The van der Waals surface area contributed by atoms with Gasteiger partial charge in [-0.25, -0.2) is 0 Å². The van der Waals surface area contributed by atoms with Crippen LogP contribution in [0.2, 0.25) is 0 Å². The normalized spacial score (nSPS) is 19.9. The Morgan fingerprint density at radius 1 is 1.44 bits per heavy atom. The highest BCUT2D eigenvalue weighted by Gasteiger charge is 2.28. The average molecular weight is 268 g/mol. The van der Waals surface area contributed by atoms with Gasteiger partial charge >= 0.3 is 0 Å². The molecule has 1 saturated heterocycles. The van der Waals surface area contributed by atoms with Crippen LogP contribution in [0.5, 0.6) is 0 Å². The van der Waals surface area contributed by atoms with Crippen LogP contribution in [0.15, 0.2) is 18.2 Å². The third kappa shape index (κ3) is 2.52. The zero-order chi connectivity index (χ0) is 13.1. The Labute approximate surface area is 113 Å². The lowest BCUT2D eigenvalue weighted by Crippen LogP contribution is -2.50. The highest BCUT2D eigenvalue weighted by atomic mass is 35.5. The van der Waals surface area contributed by atoms with Crippen LogP contribution >= 0.6 is 11.6 Å². The van der Waals surface area contributed by atoms with Crippen molar-refractivity contribution in [2.45, 2.75) is 19.9 Å². The molecule has 3 nitrogen and oxygen atoms in total. The number of hydrogen-bond donors (Lipinski definition) is 0. The maximum absolute atomic E-state index is 12.6. The smallest absolute Gasteiger partial charge is 0.254 e. The highest BCUT2D eigenvalue weighted by molar-refractivity contribution is 6.18. The Balaban J connectivity index is 2.30. The number of hydrogen-bond acceptors (Lipinski definition) is 2. The Morgan fingerprint density at radius 3 is 2.72 bits per heavy atom. The number of rotatable bonds is 2. The minimum Gasteiger partial charge on any atom is -0.377 e. The number of aryl methyl sites for hydroxylation is 2. The molecule has 1 fully saturated rings. The molecule has 0 aromatic heterocycles. The van der Waals surface area contributed by atoms with Crippen molar-refractivity contribution in [3.8, 4) is 0 Å². The molecule has 0 aliphatic carbocycles.